The van der Waals surface area contributed by atoms with Gasteiger partial charge >= 0.3 is 6.09 Å². The van der Waals surface area contributed by atoms with Gasteiger partial charge in [-0.3, -0.25) is 0 Å². The van der Waals surface area contributed by atoms with E-state index >= 15 is 0 Å². The van der Waals surface area contributed by atoms with Crippen LogP contribution in [0.25, 0.3) is 11.0 Å². The highest BCUT2D eigenvalue weighted by molar-refractivity contribution is 6.33. The SMILES string of the molecule is CCOC(=O)n1ccc2c(Cl)nnnc21. The van der Waals surface area contributed by atoms with Crippen LogP contribution in [0.3, 0.4) is 0 Å². The van der Waals surface area contributed by atoms with Gasteiger partial charge in [-0.05, 0) is 18.2 Å². The predicted molar refractivity (Wildman–Crippen MR) is 52.8 cm³/mol. The van der Waals surface area contributed by atoms with E-state index in [1.165, 1.54) is 10.8 Å². The number of hydrogen-bond donors (Lipinski definition) is 0. The minimum absolute atomic E-state index is 0.211. The fraction of sp³-hybridized carbons (Fsp3) is 0.250. The van der Waals surface area contributed by atoms with Crippen LogP contribution in [0.2, 0.25) is 5.15 Å². The fourth-order valence-corrected chi connectivity index (χ4v) is 1.37. The average Bonchev–Trinajstić information content (AvgIpc) is 2.63. The lowest BCUT2D eigenvalue weighted by molar-refractivity contribution is 0.155. The van der Waals surface area contributed by atoms with Gasteiger partial charge < -0.3 is 4.74 Å². The summed E-state index contributed by atoms with van der Waals surface area (Å²) in [4.78, 5) is 11.4. The normalized spacial score (nSPS) is 10.5. The zero-order valence-corrected chi connectivity index (χ0v) is 8.60. The van der Waals surface area contributed by atoms with Crippen molar-refractivity contribution in [1.29, 1.82) is 0 Å². The number of aromatic nitrogens is 4. The highest BCUT2D eigenvalue weighted by Gasteiger charge is 2.13. The molecule has 0 aliphatic carbocycles. The molecule has 78 valence electrons. The van der Waals surface area contributed by atoms with Crippen molar-refractivity contribution in [2.75, 3.05) is 6.61 Å². The molecule has 2 heterocycles. The van der Waals surface area contributed by atoms with Crippen molar-refractivity contribution in [2.45, 2.75) is 6.92 Å². The van der Waals surface area contributed by atoms with Crippen LogP contribution in [0, 0.1) is 0 Å². The molecule has 2 aromatic rings. The summed E-state index contributed by atoms with van der Waals surface area (Å²) >= 11 is 5.77. The largest absolute Gasteiger partial charge is 0.449 e. The first kappa shape index (κ1) is 9.85. The fourth-order valence-electron chi connectivity index (χ4n) is 1.19. The molecule has 0 aliphatic heterocycles. The highest BCUT2D eigenvalue weighted by atomic mass is 35.5. The lowest BCUT2D eigenvalue weighted by Gasteiger charge is -2.01. The Hall–Kier alpha value is -1.69. The summed E-state index contributed by atoms with van der Waals surface area (Å²) in [5.74, 6) is 0. The summed E-state index contributed by atoms with van der Waals surface area (Å²) < 4.78 is 6.06. The van der Waals surface area contributed by atoms with E-state index in [0.29, 0.717) is 17.6 Å². The molecular weight excluding hydrogens is 220 g/mol. The molecule has 0 fully saturated rings. The topological polar surface area (TPSA) is 69.9 Å². The Kier molecular flexibility index (Phi) is 2.51. The summed E-state index contributed by atoms with van der Waals surface area (Å²) in [6.45, 7) is 2.02. The van der Waals surface area contributed by atoms with Gasteiger partial charge in [-0.1, -0.05) is 11.6 Å². The zero-order valence-electron chi connectivity index (χ0n) is 7.85. The van der Waals surface area contributed by atoms with Crippen LogP contribution in [0.4, 0.5) is 4.79 Å². The molecule has 7 heteroatoms. The lowest BCUT2D eigenvalue weighted by Crippen LogP contribution is -2.13. The number of fused-ring (bicyclic) bond motifs is 1. The second kappa shape index (κ2) is 3.82. The van der Waals surface area contributed by atoms with E-state index < -0.39 is 6.09 Å². The van der Waals surface area contributed by atoms with Gasteiger partial charge in [0.1, 0.15) is 0 Å². The van der Waals surface area contributed by atoms with Gasteiger partial charge in [0.05, 0.1) is 12.0 Å². The van der Waals surface area contributed by atoms with E-state index in [2.05, 4.69) is 15.4 Å². The average molecular weight is 227 g/mol. The molecule has 0 atom stereocenters. The Morgan fingerprint density at radius 1 is 1.60 bits per heavy atom. The van der Waals surface area contributed by atoms with E-state index in [9.17, 15) is 4.79 Å². The van der Waals surface area contributed by atoms with Crippen LogP contribution in [-0.4, -0.2) is 32.7 Å². The number of nitrogens with zero attached hydrogens (tertiary/aromatic N) is 4. The number of hydrogen-bond acceptors (Lipinski definition) is 5. The van der Waals surface area contributed by atoms with Crippen LogP contribution < -0.4 is 0 Å². The molecule has 0 aliphatic rings. The lowest BCUT2D eigenvalue weighted by atomic mass is 10.4. The van der Waals surface area contributed by atoms with E-state index in [0.717, 1.165) is 0 Å². The van der Waals surface area contributed by atoms with E-state index in [4.69, 9.17) is 16.3 Å². The molecule has 0 amide bonds. The zero-order chi connectivity index (χ0) is 10.8. The smallest absolute Gasteiger partial charge is 0.419 e. The molecule has 2 aromatic heterocycles. The van der Waals surface area contributed by atoms with Crippen LogP contribution in [-0.2, 0) is 4.74 Å². The maximum Gasteiger partial charge on any atom is 0.419 e. The molecule has 0 saturated heterocycles. The third-order valence-electron chi connectivity index (χ3n) is 1.82. The van der Waals surface area contributed by atoms with Gasteiger partial charge in [-0.15, -0.1) is 10.2 Å². The van der Waals surface area contributed by atoms with Gasteiger partial charge in [-0.2, -0.15) is 0 Å². The van der Waals surface area contributed by atoms with Crippen LogP contribution >= 0.6 is 11.6 Å². The Morgan fingerprint density at radius 3 is 3.13 bits per heavy atom. The highest BCUT2D eigenvalue weighted by Crippen LogP contribution is 2.19. The summed E-state index contributed by atoms with van der Waals surface area (Å²) in [6, 6.07) is 1.64. The molecule has 0 aromatic carbocycles. The van der Waals surface area contributed by atoms with Crippen LogP contribution in [0.5, 0.6) is 0 Å². The second-order valence-electron chi connectivity index (χ2n) is 2.70. The van der Waals surface area contributed by atoms with E-state index in [1.807, 2.05) is 0 Å². The van der Waals surface area contributed by atoms with Gasteiger partial charge in [0.15, 0.2) is 10.8 Å². The van der Waals surface area contributed by atoms with Crippen molar-refractivity contribution in [3.63, 3.8) is 0 Å². The molecular formula is C8H7ClN4O2. The van der Waals surface area contributed by atoms with Crippen molar-refractivity contribution in [3.05, 3.63) is 17.4 Å². The quantitative estimate of drug-likeness (QED) is 0.737. The molecule has 6 nitrogen and oxygen atoms in total. The van der Waals surface area contributed by atoms with Crippen molar-refractivity contribution in [2.24, 2.45) is 0 Å². The molecule has 15 heavy (non-hydrogen) atoms. The van der Waals surface area contributed by atoms with Gasteiger partial charge in [-0.25, -0.2) is 9.36 Å². The van der Waals surface area contributed by atoms with Gasteiger partial charge in [0.25, 0.3) is 0 Å². The molecule has 0 N–H and O–H groups in total. The van der Waals surface area contributed by atoms with Crippen molar-refractivity contribution >= 4 is 28.7 Å². The Labute approximate surface area is 89.8 Å². The van der Waals surface area contributed by atoms with Crippen LogP contribution in [0.1, 0.15) is 6.92 Å². The molecule has 0 bridgehead atoms. The number of halogens is 1. The molecule has 0 radical (unpaired) electrons. The van der Waals surface area contributed by atoms with Gasteiger partial charge in [0.2, 0.25) is 0 Å². The van der Waals surface area contributed by atoms with Gasteiger partial charge in [0, 0.05) is 6.20 Å². The first-order valence-electron chi connectivity index (χ1n) is 4.27. The number of rotatable bonds is 1. The first-order chi connectivity index (χ1) is 7.24. The summed E-state index contributed by atoms with van der Waals surface area (Å²) in [5, 5.41) is 11.5. The van der Waals surface area contributed by atoms with Crippen molar-refractivity contribution in [1.82, 2.24) is 20.0 Å². The van der Waals surface area contributed by atoms with Crippen molar-refractivity contribution in [3.8, 4) is 0 Å². The molecule has 0 saturated carbocycles. The summed E-state index contributed by atoms with van der Waals surface area (Å²) in [6.07, 6.45) is 1.01. The summed E-state index contributed by atoms with van der Waals surface area (Å²) in [5.41, 5.74) is 0.341. The third kappa shape index (κ3) is 1.63. The van der Waals surface area contributed by atoms with Crippen molar-refractivity contribution < 1.29 is 9.53 Å². The minimum Gasteiger partial charge on any atom is -0.449 e. The summed E-state index contributed by atoms with van der Waals surface area (Å²) in [7, 11) is 0. The van der Waals surface area contributed by atoms with E-state index in [1.54, 1.807) is 13.0 Å². The first-order valence-corrected chi connectivity index (χ1v) is 4.65. The minimum atomic E-state index is -0.510. The Morgan fingerprint density at radius 2 is 2.40 bits per heavy atom. The number of ether oxygens (including phenoxy) is 1. The standard InChI is InChI=1S/C8H7ClN4O2/c1-2-15-8(14)13-4-3-5-6(9)10-12-11-7(5)13/h3-4H,2H2,1H3. The van der Waals surface area contributed by atoms with Crippen LogP contribution in [0.15, 0.2) is 12.3 Å². The Bertz CT molecular complexity index is 510. The molecule has 0 spiro atoms. The third-order valence-corrected chi connectivity index (χ3v) is 2.10. The Balaban J connectivity index is 2.54. The van der Waals surface area contributed by atoms with E-state index in [-0.39, 0.29) is 5.15 Å². The number of carbonyl (C=O) groups excluding carboxylic acids is 1. The maximum atomic E-state index is 11.4. The maximum absolute atomic E-state index is 11.4. The number of carbonyl (C=O) groups is 1. The second-order valence-corrected chi connectivity index (χ2v) is 3.06. The molecule has 0 unspecified atom stereocenters. The molecule has 2 rings (SSSR count). The predicted octanol–water partition coefficient (Wildman–Crippen LogP) is 1.48. The monoisotopic (exact) mass is 226 g/mol.